The number of methoxy groups -OCH3 is 1. The van der Waals surface area contributed by atoms with Gasteiger partial charge in [-0.3, -0.25) is 4.99 Å². The summed E-state index contributed by atoms with van der Waals surface area (Å²) in [7, 11) is 3.42. The molecular formula is C19H25N3O2. The van der Waals surface area contributed by atoms with Crippen molar-refractivity contribution in [2.45, 2.75) is 0 Å². The Morgan fingerprint density at radius 1 is 0.917 bits per heavy atom. The van der Waals surface area contributed by atoms with E-state index in [0.717, 1.165) is 22.8 Å². The molecule has 2 rings (SSSR count). The van der Waals surface area contributed by atoms with E-state index in [9.17, 15) is 0 Å². The number of hydrogen-bond acceptors (Lipinski definition) is 3. The molecule has 2 aromatic rings. The Morgan fingerprint density at radius 2 is 1.58 bits per heavy atom. The quantitative estimate of drug-likeness (QED) is 0.444. The van der Waals surface area contributed by atoms with Gasteiger partial charge in [0.15, 0.2) is 5.96 Å². The van der Waals surface area contributed by atoms with Gasteiger partial charge >= 0.3 is 0 Å². The van der Waals surface area contributed by atoms with Crippen molar-refractivity contribution in [1.82, 2.24) is 10.6 Å². The summed E-state index contributed by atoms with van der Waals surface area (Å²) in [5, 5.41) is 6.38. The van der Waals surface area contributed by atoms with E-state index in [1.54, 1.807) is 14.2 Å². The van der Waals surface area contributed by atoms with Crippen molar-refractivity contribution in [2.75, 3.05) is 40.5 Å². The topological polar surface area (TPSA) is 54.9 Å². The van der Waals surface area contributed by atoms with E-state index in [4.69, 9.17) is 9.47 Å². The molecule has 24 heavy (non-hydrogen) atoms. The summed E-state index contributed by atoms with van der Waals surface area (Å²) in [4.78, 5) is 4.15. The molecule has 0 radical (unpaired) electrons. The highest BCUT2D eigenvalue weighted by Gasteiger charge is 2.05. The molecule has 5 nitrogen and oxygen atoms in total. The number of nitrogens with zero attached hydrogens (tertiary/aromatic N) is 1. The first-order valence-corrected chi connectivity index (χ1v) is 8.06. The molecule has 0 aliphatic carbocycles. The Labute approximate surface area is 143 Å². The minimum Gasteiger partial charge on any atom is -0.491 e. The van der Waals surface area contributed by atoms with E-state index in [0.29, 0.717) is 26.3 Å². The van der Waals surface area contributed by atoms with Crippen molar-refractivity contribution < 1.29 is 9.47 Å². The third-order valence-electron chi connectivity index (χ3n) is 3.45. The van der Waals surface area contributed by atoms with Crippen LogP contribution in [0.5, 0.6) is 5.75 Å². The molecule has 0 aromatic heterocycles. The molecule has 2 aromatic carbocycles. The van der Waals surface area contributed by atoms with Gasteiger partial charge < -0.3 is 20.1 Å². The van der Waals surface area contributed by atoms with E-state index >= 15 is 0 Å². The largest absolute Gasteiger partial charge is 0.491 e. The number of rotatable bonds is 8. The molecule has 0 amide bonds. The van der Waals surface area contributed by atoms with E-state index in [1.165, 1.54) is 0 Å². The molecule has 0 fully saturated rings. The highest BCUT2D eigenvalue weighted by Crippen LogP contribution is 2.29. The maximum absolute atomic E-state index is 5.94. The monoisotopic (exact) mass is 327 g/mol. The summed E-state index contributed by atoms with van der Waals surface area (Å²) < 4.78 is 10.9. The summed E-state index contributed by atoms with van der Waals surface area (Å²) in [5.74, 6) is 1.62. The smallest absolute Gasteiger partial charge is 0.191 e. The fourth-order valence-corrected chi connectivity index (χ4v) is 2.27. The minimum atomic E-state index is 0.550. The van der Waals surface area contributed by atoms with Crippen molar-refractivity contribution in [1.29, 1.82) is 0 Å². The van der Waals surface area contributed by atoms with E-state index in [1.807, 2.05) is 36.4 Å². The maximum atomic E-state index is 5.94. The predicted molar refractivity (Wildman–Crippen MR) is 98.6 cm³/mol. The predicted octanol–water partition coefficient (Wildman–Crippen LogP) is 2.54. The zero-order valence-electron chi connectivity index (χ0n) is 14.3. The van der Waals surface area contributed by atoms with Crippen LogP contribution in [0.2, 0.25) is 0 Å². The molecule has 0 aliphatic rings. The molecule has 128 valence electrons. The van der Waals surface area contributed by atoms with E-state index in [-0.39, 0.29) is 0 Å². The first kappa shape index (κ1) is 17.8. The van der Waals surface area contributed by atoms with Gasteiger partial charge in [-0.25, -0.2) is 0 Å². The Kier molecular flexibility index (Phi) is 7.63. The highest BCUT2D eigenvalue weighted by atomic mass is 16.5. The molecule has 2 N–H and O–H groups in total. The molecule has 0 bridgehead atoms. The number of benzene rings is 2. The Balaban J connectivity index is 1.85. The van der Waals surface area contributed by atoms with Gasteiger partial charge in [0, 0.05) is 26.3 Å². The van der Waals surface area contributed by atoms with Crippen LogP contribution in [0.25, 0.3) is 11.1 Å². The van der Waals surface area contributed by atoms with Gasteiger partial charge in [-0.05, 0) is 11.6 Å². The standard InChI is InChI=1S/C19H25N3O2/c1-20-19(21-12-14-23-2)22-13-15-24-18-11-7-6-10-17(18)16-8-4-3-5-9-16/h3-11H,12-15H2,1-2H3,(H2,20,21,22). The highest BCUT2D eigenvalue weighted by molar-refractivity contribution is 5.79. The van der Waals surface area contributed by atoms with Crippen LogP contribution in [0, 0.1) is 0 Å². The fraction of sp³-hybridized carbons (Fsp3) is 0.316. The van der Waals surface area contributed by atoms with Crippen LogP contribution in [0.1, 0.15) is 0 Å². The number of guanidine groups is 1. The SMILES string of the molecule is CN=C(NCCOC)NCCOc1ccccc1-c1ccccc1. The van der Waals surface area contributed by atoms with E-state index in [2.05, 4.69) is 33.8 Å². The average molecular weight is 327 g/mol. The summed E-state index contributed by atoms with van der Waals surface area (Å²) in [6, 6.07) is 18.3. The summed E-state index contributed by atoms with van der Waals surface area (Å²) in [6.07, 6.45) is 0. The Bertz CT molecular complexity index is 630. The van der Waals surface area contributed by atoms with Gasteiger partial charge in [0.25, 0.3) is 0 Å². The molecule has 0 atom stereocenters. The van der Waals surface area contributed by atoms with Crippen molar-refractivity contribution >= 4 is 5.96 Å². The zero-order chi connectivity index (χ0) is 17.0. The molecule has 0 saturated heterocycles. The second-order valence-electron chi connectivity index (χ2n) is 5.13. The number of para-hydroxylation sites is 1. The molecular weight excluding hydrogens is 302 g/mol. The van der Waals surface area contributed by atoms with Crippen molar-refractivity contribution in [2.24, 2.45) is 4.99 Å². The minimum absolute atomic E-state index is 0.550. The van der Waals surface area contributed by atoms with Gasteiger partial charge in [0.2, 0.25) is 0 Å². The second-order valence-corrected chi connectivity index (χ2v) is 5.13. The lowest BCUT2D eigenvalue weighted by atomic mass is 10.1. The molecule has 0 aliphatic heterocycles. The van der Waals surface area contributed by atoms with Gasteiger partial charge in [-0.1, -0.05) is 48.5 Å². The normalized spacial score (nSPS) is 11.2. The van der Waals surface area contributed by atoms with Crippen LogP contribution in [-0.4, -0.2) is 46.4 Å². The Morgan fingerprint density at radius 3 is 2.29 bits per heavy atom. The van der Waals surface area contributed by atoms with Crippen molar-refractivity contribution in [3.8, 4) is 16.9 Å². The number of hydrogen-bond donors (Lipinski definition) is 2. The lowest BCUT2D eigenvalue weighted by Gasteiger charge is -2.14. The number of nitrogens with one attached hydrogen (secondary N) is 2. The van der Waals surface area contributed by atoms with Gasteiger partial charge in [-0.2, -0.15) is 0 Å². The molecule has 0 saturated carbocycles. The van der Waals surface area contributed by atoms with Crippen LogP contribution in [0.3, 0.4) is 0 Å². The molecule has 0 unspecified atom stereocenters. The lowest BCUT2D eigenvalue weighted by Crippen LogP contribution is -2.40. The van der Waals surface area contributed by atoms with Gasteiger partial charge in [-0.15, -0.1) is 0 Å². The average Bonchev–Trinajstić information content (AvgIpc) is 2.65. The first-order chi connectivity index (χ1) is 11.8. The zero-order valence-corrected chi connectivity index (χ0v) is 14.3. The fourth-order valence-electron chi connectivity index (χ4n) is 2.27. The number of aliphatic imine (C=N–C) groups is 1. The maximum Gasteiger partial charge on any atom is 0.191 e. The molecule has 5 heteroatoms. The third-order valence-corrected chi connectivity index (χ3v) is 3.45. The van der Waals surface area contributed by atoms with Crippen LogP contribution in [-0.2, 0) is 4.74 Å². The van der Waals surface area contributed by atoms with Gasteiger partial charge in [0.1, 0.15) is 12.4 Å². The van der Waals surface area contributed by atoms with Crippen LogP contribution in [0.15, 0.2) is 59.6 Å². The first-order valence-electron chi connectivity index (χ1n) is 8.06. The number of ether oxygens (including phenoxy) is 2. The lowest BCUT2D eigenvalue weighted by molar-refractivity contribution is 0.203. The van der Waals surface area contributed by atoms with Crippen molar-refractivity contribution in [3.63, 3.8) is 0 Å². The van der Waals surface area contributed by atoms with Gasteiger partial charge in [0.05, 0.1) is 13.2 Å². The summed E-state index contributed by atoms with van der Waals surface area (Å²) in [5.41, 5.74) is 2.25. The second kappa shape index (κ2) is 10.3. The summed E-state index contributed by atoms with van der Waals surface area (Å²) >= 11 is 0. The van der Waals surface area contributed by atoms with E-state index < -0.39 is 0 Å². The molecule has 0 heterocycles. The van der Waals surface area contributed by atoms with Crippen LogP contribution < -0.4 is 15.4 Å². The van der Waals surface area contributed by atoms with Crippen LogP contribution >= 0.6 is 0 Å². The Hall–Kier alpha value is -2.53. The molecule has 0 spiro atoms. The third kappa shape index (κ3) is 5.59. The summed E-state index contributed by atoms with van der Waals surface area (Å²) in [6.45, 7) is 2.57. The van der Waals surface area contributed by atoms with Crippen LogP contribution in [0.4, 0.5) is 0 Å². The van der Waals surface area contributed by atoms with Crippen molar-refractivity contribution in [3.05, 3.63) is 54.6 Å².